The molecular formula is C22H23N3O2S. The Bertz CT molecular complexity index is 947. The van der Waals surface area contributed by atoms with Crippen LogP contribution in [0, 0.1) is 0 Å². The van der Waals surface area contributed by atoms with Gasteiger partial charge in [-0.05, 0) is 29.7 Å². The van der Waals surface area contributed by atoms with E-state index in [0.717, 1.165) is 33.9 Å². The van der Waals surface area contributed by atoms with Crippen LogP contribution in [0.25, 0.3) is 11.3 Å². The molecule has 2 N–H and O–H groups in total. The number of aryl methyl sites for hydroxylation is 1. The average molecular weight is 394 g/mol. The van der Waals surface area contributed by atoms with E-state index in [2.05, 4.69) is 22.5 Å². The Hall–Kier alpha value is -2.99. The molecule has 0 aliphatic rings. The number of nitrogens with zero attached hydrogens (tertiary/aromatic N) is 1. The van der Waals surface area contributed by atoms with Gasteiger partial charge in [-0.1, -0.05) is 43.3 Å². The number of amides is 2. The smallest absolute Gasteiger partial charge is 0.231 e. The van der Waals surface area contributed by atoms with E-state index in [1.807, 2.05) is 53.9 Å². The third-order valence-corrected chi connectivity index (χ3v) is 5.15. The molecule has 1 heterocycles. The maximum atomic E-state index is 12.3. The van der Waals surface area contributed by atoms with Crippen molar-refractivity contribution < 1.29 is 9.59 Å². The van der Waals surface area contributed by atoms with Gasteiger partial charge in [0.15, 0.2) is 0 Å². The fourth-order valence-electron chi connectivity index (χ4n) is 2.71. The van der Waals surface area contributed by atoms with Gasteiger partial charge in [-0.25, -0.2) is 4.98 Å². The normalized spacial score (nSPS) is 10.5. The second-order valence-corrected chi connectivity index (χ2v) is 7.45. The van der Waals surface area contributed by atoms with Gasteiger partial charge in [0, 0.05) is 30.1 Å². The lowest BCUT2D eigenvalue weighted by molar-refractivity contribution is -0.119. The van der Waals surface area contributed by atoms with Crippen molar-refractivity contribution in [2.75, 3.05) is 5.32 Å². The van der Waals surface area contributed by atoms with E-state index >= 15 is 0 Å². The molecule has 0 aliphatic carbocycles. The number of hydrogen-bond donors (Lipinski definition) is 2. The van der Waals surface area contributed by atoms with E-state index in [4.69, 9.17) is 0 Å². The van der Waals surface area contributed by atoms with Crippen LogP contribution in [0.3, 0.4) is 0 Å². The summed E-state index contributed by atoms with van der Waals surface area (Å²) in [5.41, 5.74) is 4.91. The summed E-state index contributed by atoms with van der Waals surface area (Å²) in [5, 5.41) is 8.43. The zero-order valence-corrected chi connectivity index (χ0v) is 16.8. The fraction of sp³-hybridized carbons (Fsp3) is 0.227. The molecule has 0 fully saturated rings. The lowest BCUT2D eigenvalue weighted by Crippen LogP contribution is -2.18. The number of benzene rings is 2. The molecule has 6 heteroatoms. The molecule has 0 unspecified atom stereocenters. The van der Waals surface area contributed by atoms with Crippen LogP contribution < -0.4 is 10.6 Å². The Morgan fingerprint density at radius 1 is 1.00 bits per heavy atom. The Morgan fingerprint density at radius 3 is 2.32 bits per heavy atom. The minimum Gasteiger partial charge on any atom is -0.352 e. The molecule has 0 aliphatic heterocycles. The van der Waals surface area contributed by atoms with Gasteiger partial charge >= 0.3 is 0 Å². The van der Waals surface area contributed by atoms with E-state index < -0.39 is 0 Å². The van der Waals surface area contributed by atoms with Gasteiger partial charge in [0.2, 0.25) is 11.8 Å². The highest BCUT2D eigenvalue weighted by molar-refractivity contribution is 7.10. The second kappa shape index (κ2) is 9.28. The van der Waals surface area contributed by atoms with Crippen molar-refractivity contribution >= 4 is 28.8 Å². The van der Waals surface area contributed by atoms with Crippen molar-refractivity contribution in [3.8, 4) is 11.3 Å². The molecule has 0 saturated heterocycles. The number of rotatable bonds is 7. The number of anilines is 1. The molecule has 28 heavy (non-hydrogen) atoms. The van der Waals surface area contributed by atoms with Crippen LogP contribution >= 0.6 is 11.3 Å². The predicted octanol–water partition coefficient (Wildman–Crippen LogP) is 4.19. The van der Waals surface area contributed by atoms with Gasteiger partial charge in [-0.15, -0.1) is 11.3 Å². The number of nitrogens with one attached hydrogen (secondary N) is 2. The monoisotopic (exact) mass is 393 g/mol. The first kappa shape index (κ1) is 19.8. The zero-order chi connectivity index (χ0) is 19.9. The molecule has 2 aromatic carbocycles. The van der Waals surface area contributed by atoms with Gasteiger partial charge in [-0.2, -0.15) is 0 Å². The van der Waals surface area contributed by atoms with Crippen molar-refractivity contribution in [2.45, 2.75) is 33.2 Å². The first-order chi connectivity index (χ1) is 13.5. The first-order valence-corrected chi connectivity index (χ1v) is 10.1. The van der Waals surface area contributed by atoms with Crippen LogP contribution in [-0.4, -0.2) is 16.8 Å². The third-order valence-electron chi connectivity index (χ3n) is 4.30. The van der Waals surface area contributed by atoms with Crippen molar-refractivity contribution in [1.82, 2.24) is 10.3 Å². The molecule has 3 aromatic rings. The summed E-state index contributed by atoms with van der Waals surface area (Å²) in [6, 6.07) is 15.8. The van der Waals surface area contributed by atoms with Gasteiger partial charge in [-0.3, -0.25) is 9.59 Å². The van der Waals surface area contributed by atoms with Crippen LogP contribution in [0.15, 0.2) is 53.9 Å². The highest BCUT2D eigenvalue weighted by atomic mass is 32.1. The minimum absolute atomic E-state index is 0.0483. The average Bonchev–Trinajstić information content (AvgIpc) is 3.15. The standard InChI is InChI=1S/C22H23N3O2S/c1-3-16-6-10-19(11-7-16)24-21(27)12-22-25-20(14-28-22)18-8-4-17(5-9-18)13-23-15(2)26/h4-11,14H,3,12-13H2,1-2H3,(H,23,26)(H,24,27). The van der Waals surface area contributed by atoms with Crippen molar-refractivity contribution in [3.63, 3.8) is 0 Å². The molecule has 0 bridgehead atoms. The van der Waals surface area contributed by atoms with Crippen LogP contribution in [-0.2, 0) is 29.0 Å². The van der Waals surface area contributed by atoms with Crippen molar-refractivity contribution in [2.24, 2.45) is 0 Å². The van der Waals surface area contributed by atoms with Gasteiger partial charge in [0.1, 0.15) is 5.01 Å². The first-order valence-electron chi connectivity index (χ1n) is 9.20. The molecule has 5 nitrogen and oxygen atoms in total. The lowest BCUT2D eigenvalue weighted by atomic mass is 10.1. The molecule has 0 spiro atoms. The number of aromatic nitrogens is 1. The molecule has 3 rings (SSSR count). The summed E-state index contributed by atoms with van der Waals surface area (Å²) in [6.07, 6.45) is 1.23. The summed E-state index contributed by atoms with van der Waals surface area (Å²) in [7, 11) is 0. The SMILES string of the molecule is CCc1ccc(NC(=O)Cc2nc(-c3ccc(CNC(C)=O)cc3)cs2)cc1. The Morgan fingerprint density at radius 2 is 1.68 bits per heavy atom. The number of carbonyl (C=O) groups is 2. The van der Waals surface area contributed by atoms with Crippen LogP contribution in [0.5, 0.6) is 0 Å². The lowest BCUT2D eigenvalue weighted by Gasteiger charge is -2.05. The number of hydrogen-bond acceptors (Lipinski definition) is 4. The van der Waals surface area contributed by atoms with Gasteiger partial charge in [0.25, 0.3) is 0 Å². The molecule has 144 valence electrons. The Balaban J connectivity index is 1.58. The quantitative estimate of drug-likeness (QED) is 0.632. The molecular weight excluding hydrogens is 370 g/mol. The Labute approximate surface area is 168 Å². The topological polar surface area (TPSA) is 71.1 Å². The maximum absolute atomic E-state index is 12.3. The highest BCUT2D eigenvalue weighted by Crippen LogP contribution is 2.23. The van der Waals surface area contributed by atoms with E-state index in [1.165, 1.54) is 23.8 Å². The van der Waals surface area contributed by atoms with Gasteiger partial charge in [0.05, 0.1) is 12.1 Å². The van der Waals surface area contributed by atoms with Crippen LogP contribution in [0.4, 0.5) is 5.69 Å². The summed E-state index contributed by atoms with van der Waals surface area (Å²) in [5.74, 6) is -0.122. The zero-order valence-electron chi connectivity index (χ0n) is 16.0. The van der Waals surface area contributed by atoms with Crippen LogP contribution in [0.2, 0.25) is 0 Å². The largest absolute Gasteiger partial charge is 0.352 e. The van der Waals surface area contributed by atoms with E-state index in [-0.39, 0.29) is 18.2 Å². The number of carbonyl (C=O) groups excluding carboxylic acids is 2. The molecule has 0 radical (unpaired) electrons. The molecule has 0 saturated carbocycles. The fourth-order valence-corrected chi connectivity index (χ4v) is 3.51. The summed E-state index contributed by atoms with van der Waals surface area (Å²) >= 11 is 1.48. The predicted molar refractivity (Wildman–Crippen MR) is 113 cm³/mol. The second-order valence-electron chi connectivity index (χ2n) is 6.51. The van der Waals surface area contributed by atoms with Crippen LogP contribution in [0.1, 0.15) is 30.0 Å². The van der Waals surface area contributed by atoms with E-state index in [9.17, 15) is 9.59 Å². The summed E-state index contributed by atoms with van der Waals surface area (Å²) in [6.45, 7) is 4.11. The summed E-state index contributed by atoms with van der Waals surface area (Å²) < 4.78 is 0. The Kier molecular flexibility index (Phi) is 6.55. The molecule has 1 aromatic heterocycles. The van der Waals surface area contributed by atoms with Crippen molar-refractivity contribution in [3.05, 3.63) is 70.0 Å². The van der Waals surface area contributed by atoms with Crippen molar-refractivity contribution in [1.29, 1.82) is 0 Å². The highest BCUT2D eigenvalue weighted by Gasteiger charge is 2.10. The third kappa shape index (κ3) is 5.50. The van der Waals surface area contributed by atoms with E-state index in [1.54, 1.807) is 0 Å². The molecule has 2 amide bonds. The minimum atomic E-state index is -0.0733. The number of thiazole rings is 1. The molecule has 0 atom stereocenters. The summed E-state index contributed by atoms with van der Waals surface area (Å²) in [4.78, 5) is 27.8. The van der Waals surface area contributed by atoms with Gasteiger partial charge < -0.3 is 10.6 Å². The maximum Gasteiger partial charge on any atom is 0.231 e. The van der Waals surface area contributed by atoms with E-state index in [0.29, 0.717) is 6.54 Å².